The van der Waals surface area contributed by atoms with Gasteiger partial charge in [-0.05, 0) is 24.0 Å². The summed E-state index contributed by atoms with van der Waals surface area (Å²) in [5.41, 5.74) is 2.09. The van der Waals surface area contributed by atoms with Crippen LogP contribution in [0.5, 0.6) is 0 Å². The lowest BCUT2D eigenvalue weighted by Crippen LogP contribution is -2.38. The lowest BCUT2D eigenvalue weighted by molar-refractivity contribution is 0.0908. The van der Waals surface area contributed by atoms with Crippen molar-refractivity contribution in [3.05, 3.63) is 35.4 Å². The third kappa shape index (κ3) is 1.98. The molecule has 0 saturated carbocycles. The van der Waals surface area contributed by atoms with Gasteiger partial charge in [-0.1, -0.05) is 24.3 Å². The van der Waals surface area contributed by atoms with E-state index in [9.17, 15) is 8.42 Å². The predicted octanol–water partition coefficient (Wildman–Crippen LogP) is 0.977. The van der Waals surface area contributed by atoms with E-state index in [1.165, 1.54) is 7.11 Å². The van der Waals surface area contributed by atoms with Gasteiger partial charge in [-0.3, -0.25) is 0 Å². The van der Waals surface area contributed by atoms with Crippen LogP contribution in [-0.4, -0.2) is 20.8 Å². The molecular formula is C11H15NO3S. The van der Waals surface area contributed by atoms with Crippen molar-refractivity contribution in [2.24, 2.45) is 5.14 Å². The molecule has 2 unspecified atom stereocenters. The molecule has 0 spiro atoms. The van der Waals surface area contributed by atoms with Gasteiger partial charge in [0, 0.05) is 7.11 Å². The topological polar surface area (TPSA) is 69.4 Å². The molecule has 88 valence electrons. The third-order valence-electron chi connectivity index (χ3n) is 3.07. The van der Waals surface area contributed by atoms with Crippen molar-refractivity contribution in [1.29, 1.82) is 0 Å². The van der Waals surface area contributed by atoms with Crippen molar-refractivity contribution >= 4 is 10.0 Å². The van der Waals surface area contributed by atoms with E-state index in [2.05, 4.69) is 0 Å². The van der Waals surface area contributed by atoms with E-state index >= 15 is 0 Å². The fourth-order valence-corrected chi connectivity index (χ4v) is 3.35. The SMILES string of the molecule is COC1c2ccccc2CCC1S(N)(=O)=O. The zero-order valence-corrected chi connectivity index (χ0v) is 9.91. The van der Waals surface area contributed by atoms with E-state index in [0.717, 1.165) is 17.5 Å². The lowest BCUT2D eigenvalue weighted by atomic mass is 9.89. The highest BCUT2D eigenvalue weighted by Gasteiger charge is 2.36. The van der Waals surface area contributed by atoms with Crippen molar-refractivity contribution < 1.29 is 13.2 Å². The summed E-state index contributed by atoms with van der Waals surface area (Å²) in [5.74, 6) is 0. The molecule has 2 atom stereocenters. The minimum atomic E-state index is -3.55. The van der Waals surface area contributed by atoms with Crippen LogP contribution in [0.15, 0.2) is 24.3 Å². The molecular weight excluding hydrogens is 226 g/mol. The highest BCUT2D eigenvalue weighted by Crippen LogP contribution is 2.35. The average Bonchev–Trinajstić information content (AvgIpc) is 2.26. The van der Waals surface area contributed by atoms with Gasteiger partial charge >= 0.3 is 0 Å². The van der Waals surface area contributed by atoms with Crippen molar-refractivity contribution in [3.63, 3.8) is 0 Å². The zero-order valence-electron chi connectivity index (χ0n) is 9.09. The Hall–Kier alpha value is -0.910. The number of rotatable bonds is 2. The van der Waals surface area contributed by atoms with Gasteiger partial charge in [0.05, 0.1) is 0 Å². The molecule has 16 heavy (non-hydrogen) atoms. The summed E-state index contributed by atoms with van der Waals surface area (Å²) in [6, 6.07) is 7.74. The summed E-state index contributed by atoms with van der Waals surface area (Å²) in [5, 5.41) is 4.59. The van der Waals surface area contributed by atoms with E-state index < -0.39 is 21.4 Å². The van der Waals surface area contributed by atoms with Gasteiger partial charge < -0.3 is 4.74 Å². The van der Waals surface area contributed by atoms with Crippen molar-refractivity contribution in [2.75, 3.05) is 7.11 Å². The number of sulfonamides is 1. The normalized spacial score (nSPS) is 25.1. The maximum absolute atomic E-state index is 11.5. The van der Waals surface area contributed by atoms with Crippen molar-refractivity contribution in [3.8, 4) is 0 Å². The number of methoxy groups -OCH3 is 1. The van der Waals surface area contributed by atoms with Gasteiger partial charge in [-0.2, -0.15) is 0 Å². The van der Waals surface area contributed by atoms with Crippen LogP contribution in [0.1, 0.15) is 23.7 Å². The number of ether oxygens (including phenoxy) is 1. The maximum atomic E-state index is 11.5. The monoisotopic (exact) mass is 241 g/mol. The molecule has 1 aromatic rings. The van der Waals surface area contributed by atoms with Gasteiger partial charge in [0.1, 0.15) is 11.4 Å². The minimum Gasteiger partial charge on any atom is -0.375 e. The molecule has 4 nitrogen and oxygen atoms in total. The van der Waals surface area contributed by atoms with Gasteiger partial charge in [0.2, 0.25) is 10.0 Å². The molecule has 0 aliphatic heterocycles. The Morgan fingerprint density at radius 3 is 2.69 bits per heavy atom. The number of benzene rings is 1. The van der Waals surface area contributed by atoms with E-state index in [-0.39, 0.29) is 0 Å². The minimum absolute atomic E-state index is 0.444. The van der Waals surface area contributed by atoms with Crippen LogP contribution in [0.3, 0.4) is 0 Å². The summed E-state index contributed by atoms with van der Waals surface area (Å²) in [6.45, 7) is 0. The number of hydrogen-bond donors (Lipinski definition) is 1. The summed E-state index contributed by atoms with van der Waals surface area (Å²) in [6.07, 6.45) is 0.811. The predicted molar refractivity (Wildman–Crippen MR) is 61.4 cm³/mol. The van der Waals surface area contributed by atoms with E-state index in [1.807, 2.05) is 24.3 Å². The Bertz CT molecular complexity index is 484. The van der Waals surface area contributed by atoms with Crippen LogP contribution < -0.4 is 5.14 Å². The van der Waals surface area contributed by atoms with Crippen molar-refractivity contribution in [2.45, 2.75) is 24.2 Å². The Balaban J connectivity index is 2.45. The number of fused-ring (bicyclic) bond motifs is 1. The molecule has 2 rings (SSSR count). The first kappa shape index (κ1) is 11.6. The summed E-state index contributed by atoms with van der Waals surface area (Å²) >= 11 is 0. The molecule has 5 heteroatoms. The van der Waals surface area contributed by atoms with E-state index in [4.69, 9.17) is 9.88 Å². The second-order valence-electron chi connectivity index (χ2n) is 4.02. The number of primary sulfonamides is 1. The van der Waals surface area contributed by atoms with E-state index in [1.54, 1.807) is 0 Å². The van der Waals surface area contributed by atoms with Crippen LogP contribution in [0.4, 0.5) is 0 Å². The fraction of sp³-hybridized carbons (Fsp3) is 0.455. The van der Waals surface area contributed by atoms with Gasteiger partial charge in [0.15, 0.2) is 0 Å². The number of nitrogens with two attached hydrogens (primary N) is 1. The Morgan fingerprint density at radius 2 is 2.06 bits per heavy atom. The summed E-state index contributed by atoms with van der Waals surface area (Å²) < 4.78 is 28.2. The standard InChI is InChI=1S/C11H15NO3S/c1-15-11-9-5-3-2-4-8(9)6-7-10(11)16(12,13)14/h2-5,10-11H,6-7H2,1H3,(H2,12,13,14). The molecule has 1 aromatic carbocycles. The highest BCUT2D eigenvalue weighted by atomic mass is 32.2. The largest absolute Gasteiger partial charge is 0.375 e. The molecule has 1 aliphatic carbocycles. The maximum Gasteiger partial charge on any atom is 0.214 e. The zero-order chi connectivity index (χ0) is 11.8. The quantitative estimate of drug-likeness (QED) is 0.839. The second-order valence-corrected chi connectivity index (χ2v) is 5.80. The van der Waals surface area contributed by atoms with Crippen LogP contribution in [-0.2, 0) is 21.2 Å². The molecule has 0 radical (unpaired) electrons. The van der Waals surface area contributed by atoms with Gasteiger partial charge in [-0.15, -0.1) is 0 Å². The average molecular weight is 241 g/mol. The second kappa shape index (κ2) is 4.16. The Labute approximate surface area is 95.5 Å². The Kier molecular flexibility index (Phi) is 3.01. The molecule has 2 N–H and O–H groups in total. The van der Waals surface area contributed by atoms with Crippen molar-refractivity contribution in [1.82, 2.24) is 0 Å². The summed E-state index contributed by atoms with van der Waals surface area (Å²) in [7, 11) is -2.04. The van der Waals surface area contributed by atoms with E-state index in [0.29, 0.717) is 6.42 Å². The molecule has 0 heterocycles. The third-order valence-corrected chi connectivity index (χ3v) is 4.40. The van der Waals surface area contributed by atoms with Crippen LogP contribution in [0.25, 0.3) is 0 Å². The summed E-state index contributed by atoms with van der Waals surface area (Å²) in [4.78, 5) is 0. The molecule has 0 fully saturated rings. The highest BCUT2D eigenvalue weighted by molar-refractivity contribution is 7.89. The lowest BCUT2D eigenvalue weighted by Gasteiger charge is -2.30. The van der Waals surface area contributed by atoms with Crippen LogP contribution >= 0.6 is 0 Å². The first-order valence-corrected chi connectivity index (χ1v) is 6.77. The molecule has 0 bridgehead atoms. The fourth-order valence-electron chi connectivity index (χ4n) is 2.30. The first-order valence-electron chi connectivity index (χ1n) is 5.16. The van der Waals surface area contributed by atoms with Gasteiger partial charge in [-0.25, -0.2) is 13.6 Å². The smallest absolute Gasteiger partial charge is 0.214 e. The first-order chi connectivity index (χ1) is 7.54. The van der Waals surface area contributed by atoms with Gasteiger partial charge in [0.25, 0.3) is 0 Å². The number of hydrogen-bond acceptors (Lipinski definition) is 3. The molecule has 0 aromatic heterocycles. The Morgan fingerprint density at radius 1 is 1.38 bits per heavy atom. The van der Waals surface area contributed by atoms with Crippen LogP contribution in [0.2, 0.25) is 0 Å². The molecule has 0 saturated heterocycles. The van der Waals surface area contributed by atoms with Crippen LogP contribution in [0, 0.1) is 0 Å². The molecule has 1 aliphatic rings. The molecule has 0 amide bonds. The number of aryl methyl sites for hydroxylation is 1.